The molecule has 2 heteroatoms. The number of hydrogen-bond acceptors (Lipinski definition) is 1. The van der Waals surface area contributed by atoms with Gasteiger partial charge in [-0.25, -0.2) is 0 Å². The topological polar surface area (TPSA) is 12.0 Å². The number of hydrogen-bond donors (Lipinski definition) is 1. The molecule has 1 atom stereocenters. The molecule has 0 bridgehead atoms. The molecule has 0 amide bonds. The lowest BCUT2D eigenvalue weighted by Crippen LogP contribution is -2.21. The van der Waals surface area contributed by atoms with E-state index in [1.54, 1.807) is 0 Å². The van der Waals surface area contributed by atoms with Crippen LogP contribution in [0.3, 0.4) is 0 Å². The van der Waals surface area contributed by atoms with Crippen LogP contribution < -0.4 is 5.32 Å². The quantitative estimate of drug-likeness (QED) is 0.507. The number of rotatable bonds is 1. The van der Waals surface area contributed by atoms with Gasteiger partial charge in [-0.2, -0.15) is 0 Å². The molecule has 0 aliphatic carbocycles. The summed E-state index contributed by atoms with van der Waals surface area (Å²) in [4.78, 5) is 0. The highest BCUT2D eigenvalue weighted by atomic mass is 127. The Hall–Kier alpha value is 0.690. The summed E-state index contributed by atoms with van der Waals surface area (Å²) in [5.74, 6) is 0. The SMILES string of the molecule is IC[C@H]1CCCN1. The average Bonchev–Trinajstić information content (AvgIpc) is 2.14. The van der Waals surface area contributed by atoms with Crippen molar-refractivity contribution in [1.82, 2.24) is 5.32 Å². The van der Waals surface area contributed by atoms with Gasteiger partial charge in [0.25, 0.3) is 0 Å². The van der Waals surface area contributed by atoms with Gasteiger partial charge in [0.05, 0.1) is 0 Å². The average molecular weight is 211 g/mol. The van der Waals surface area contributed by atoms with E-state index in [-0.39, 0.29) is 0 Å². The molecule has 0 spiro atoms. The molecule has 1 nitrogen and oxygen atoms in total. The van der Waals surface area contributed by atoms with Crippen LogP contribution in [0.1, 0.15) is 12.8 Å². The Morgan fingerprint density at radius 3 is 2.86 bits per heavy atom. The van der Waals surface area contributed by atoms with Gasteiger partial charge in [0.2, 0.25) is 0 Å². The first-order valence-electron chi connectivity index (χ1n) is 2.73. The molecule has 42 valence electrons. The van der Waals surface area contributed by atoms with Crippen molar-refractivity contribution in [3.63, 3.8) is 0 Å². The van der Waals surface area contributed by atoms with E-state index < -0.39 is 0 Å². The van der Waals surface area contributed by atoms with Crippen molar-refractivity contribution in [2.24, 2.45) is 0 Å². The Balaban J connectivity index is 2.14. The van der Waals surface area contributed by atoms with E-state index in [9.17, 15) is 0 Å². The fourth-order valence-electron chi connectivity index (χ4n) is 0.888. The monoisotopic (exact) mass is 211 g/mol. The predicted octanol–water partition coefficient (Wildman–Crippen LogP) is 1.17. The van der Waals surface area contributed by atoms with Gasteiger partial charge in [0.1, 0.15) is 0 Å². The summed E-state index contributed by atoms with van der Waals surface area (Å²) in [5, 5.41) is 3.40. The number of nitrogens with one attached hydrogen (secondary N) is 1. The third-order valence-corrected chi connectivity index (χ3v) is 2.41. The first kappa shape index (κ1) is 5.82. The lowest BCUT2D eigenvalue weighted by atomic mass is 10.3. The fourth-order valence-corrected chi connectivity index (χ4v) is 1.64. The maximum Gasteiger partial charge on any atom is 0.0157 e. The van der Waals surface area contributed by atoms with Crippen LogP contribution in [0, 0.1) is 0 Å². The van der Waals surface area contributed by atoms with Gasteiger partial charge >= 0.3 is 0 Å². The van der Waals surface area contributed by atoms with E-state index >= 15 is 0 Å². The van der Waals surface area contributed by atoms with Gasteiger partial charge in [-0.1, -0.05) is 22.6 Å². The molecule has 0 aromatic rings. The van der Waals surface area contributed by atoms with Crippen LogP contribution in [0.15, 0.2) is 0 Å². The lowest BCUT2D eigenvalue weighted by molar-refractivity contribution is 0.682. The van der Waals surface area contributed by atoms with Gasteiger partial charge in [0.15, 0.2) is 0 Å². The third-order valence-electron chi connectivity index (χ3n) is 1.35. The summed E-state index contributed by atoms with van der Waals surface area (Å²) in [6, 6.07) is 0.834. The second-order valence-corrected chi connectivity index (χ2v) is 2.83. The molecule has 0 saturated carbocycles. The van der Waals surface area contributed by atoms with Gasteiger partial charge in [-0.05, 0) is 19.4 Å². The standard InChI is InChI=1S/C5H10IN/c6-4-5-2-1-3-7-5/h5,7H,1-4H2/t5-/m1/s1. The van der Waals surface area contributed by atoms with Crippen molar-refractivity contribution < 1.29 is 0 Å². The van der Waals surface area contributed by atoms with E-state index in [1.165, 1.54) is 23.8 Å². The van der Waals surface area contributed by atoms with Crippen LogP contribution in [0.2, 0.25) is 0 Å². The summed E-state index contributed by atoms with van der Waals surface area (Å²) in [6.45, 7) is 1.24. The van der Waals surface area contributed by atoms with E-state index in [4.69, 9.17) is 0 Å². The maximum absolute atomic E-state index is 3.40. The molecule has 1 N–H and O–H groups in total. The van der Waals surface area contributed by atoms with Crippen LogP contribution in [-0.2, 0) is 0 Å². The van der Waals surface area contributed by atoms with Gasteiger partial charge < -0.3 is 5.32 Å². The molecule has 0 aromatic carbocycles. The first-order valence-corrected chi connectivity index (χ1v) is 4.25. The molecule has 1 aliphatic rings. The van der Waals surface area contributed by atoms with E-state index in [0.717, 1.165) is 6.04 Å². The Morgan fingerprint density at radius 2 is 2.57 bits per heavy atom. The molecule has 1 fully saturated rings. The van der Waals surface area contributed by atoms with Crippen LogP contribution in [0.4, 0.5) is 0 Å². The molecule has 0 unspecified atom stereocenters. The molecule has 0 radical (unpaired) electrons. The van der Waals surface area contributed by atoms with Crippen molar-refractivity contribution in [2.75, 3.05) is 11.0 Å². The molecule has 1 rings (SSSR count). The molecule has 0 aromatic heterocycles. The normalized spacial score (nSPS) is 31.3. The van der Waals surface area contributed by atoms with Gasteiger partial charge in [0, 0.05) is 10.5 Å². The van der Waals surface area contributed by atoms with Gasteiger partial charge in [-0.3, -0.25) is 0 Å². The molecular formula is C5H10IN. The van der Waals surface area contributed by atoms with Crippen molar-refractivity contribution in [3.05, 3.63) is 0 Å². The minimum atomic E-state index is 0.834. The third kappa shape index (κ3) is 1.57. The van der Waals surface area contributed by atoms with Crippen LogP contribution in [0.5, 0.6) is 0 Å². The van der Waals surface area contributed by atoms with Crippen LogP contribution in [0.25, 0.3) is 0 Å². The van der Waals surface area contributed by atoms with Gasteiger partial charge in [-0.15, -0.1) is 0 Å². The van der Waals surface area contributed by atoms with Crippen LogP contribution in [-0.4, -0.2) is 17.0 Å². The maximum atomic E-state index is 3.40. The Bertz CT molecular complexity index is 50.0. The fraction of sp³-hybridized carbons (Fsp3) is 1.00. The molecule has 1 heterocycles. The summed E-state index contributed by atoms with van der Waals surface area (Å²) in [6.07, 6.45) is 2.77. The summed E-state index contributed by atoms with van der Waals surface area (Å²) in [7, 11) is 0. The Kier molecular flexibility index (Phi) is 2.38. The van der Waals surface area contributed by atoms with Crippen molar-refractivity contribution in [3.8, 4) is 0 Å². The Labute approximate surface area is 58.0 Å². The van der Waals surface area contributed by atoms with Crippen molar-refractivity contribution in [1.29, 1.82) is 0 Å². The summed E-state index contributed by atoms with van der Waals surface area (Å²) < 4.78 is 1.28. The minimum absolute atomic E-state index is 0.834. The lowest BCUT2D eigenvalue weighted by Gasteiger charge is -2.01. The van der Waals surface area contributed by atoms with Crippen molar-refractivity contribution in [2.45, 2.75) is 18.9 Å². The predicted molar refractivity (Wildman–Crippen MR) is 39.9 cm³/mol. The molecule has 1 aliphatic heterocycles. The minimum Gasteiger partial charge on any atom is -0.313 e. The second kappa shape index (κ2) is 2.87. The second-order valence-electron chi connectivity index (χ2n) is 1.95. The Morgan fingerprint density at radius 1 is 1.71 bits per heavy atom. The molecule has 1 saturated heterocycles. The summed E-state index contributed by atoms with van der Waals surface area (Å²) in [5.41, 5.74) is 0. The first-order chi connectivity index (χ1) is 3.43. The largest absolute Gasteiger partial charge is 0.313 e. The zero-order chi connectivity index (χ0) is 5.11. The molecular weight excluding hydrogens is 201 g/mol. The number of alkyl halides is 1. The zero-order valence-electron chi connectivity index (χ0n) is 4.28. The summed E-state index contributed by atoms with van der Waals surface area (Å²) >= 11 is 2.43. The van der Waals surface area contributed by atoms with E-state index in [0.29, 0.717) is 0 Å². The van der Waals surface area contributed by atoms with Crippen LogP contribution >= 0.6 is 22.6 Å². The highest BCUT2D eigenvalue weighted by molar-refractivity contribution is 14.1. The zero-order valence-corrected chi connectivity index (χ0v) is 6.44. The van der Waals surface area contributed by atoms with Crippen molar-refractivity contribution >= 4 is 22.6 Å². The molecule has 7 heavy (non-hydrogen) atoms. The highest BCUT2D eigenvalue weighted by Gasteiger charge is 2.10. The number of halogens is 1. The van der Waals surface area contributed by atoms with E-state index in [1.807, 2.05) is 0 Å². The smallest absolute Gasteiger partial charge is 0.0157 e. The van der Waals surface area contributed by atoms with E-state index in [2.05, 4.69) is 27.9 Å². The highest BCUT2D eigenvalue weighted by Crippen LogP contribution is 2.06.